The minimum Gasteiger partial charge on any atom is -0.456 e. The van der Waals surface area contributed by atoms with Crippen molar-refractivity contribution in [3.05, 3.63) is 83.7 Å². The van der Waals surface area contributed by atoms with Crippen molar-refractivity contribution in [1.82, 2.24) is 19.7 Å². The minimum atomic E-state index is -4.27. The molecule has 2 heterocycles. The van der Waals surface area contributed by atoms with Crippen LogP contribution in [0.5, 0.6) is 11.5 Å². The Morgan fingerprint density at radius 2 is 1.83 bits per heavy atom. The average Bonchev–Trinajstić information content (AvgIpc) is 3.21. The van der Waals surface area contributed by atoms with E-state index in [0.29, 0.717) is 16.0 Å². The second-order valence-corrected chi connectivity index (χ2v) is 7.98. The zero-order valence-corrected chi connectivity index (χ0v) is 18.7. The summed E-state index contributed by atoms with van der Waals surface area (Å²) in [7, 11) is 0. The van der Waals surface area contributed by atoms with Crippen LogP contribution in [-0.4, -0.2) is 31.0 Å². The zero-order chi connectivity index (χ0) is 25.2. The minimum absolute atomic E-state index is 0.0930. The molecule has 35 heavy (non-hydrogen) atoms. The van der Waals surface area contributed by atoms with Crippen LogP contribution in [-0.2, 0) is 11.6 Å². The fraction of sp³-hybridized carbons (Fsp3) is 0.217. The highest BCUT2D eigenvalue weighted by molar-refractivity contribution is 7.80. The fourth-order valence-electron chi connectivity index (χ4n) is 3.56. The van der Waals surface area contributed by atoms with Gasteiger partial charge in [0.05, 0.1) is 17.8 Å². The van der Waals surface area contributed by atoms with Gasteiger partial charge in [-0.05, 0) is 48.9 Å². The molecule has 1 N–H and O–H groups in total. The summed E-state index contributed by atoms with van der Waals surface area (Å²) in [6.07, 6.45) is 0.559. The summed E-state index contributed by atoms with van der Waals surface area (Å²) >= 11 is 3.96. The summed E-state index contributed by atoms with van der Waals surface area (Å²) < 4.78 is 66.6. The second-order valence-electron chi connectivity index (χ2n) is 7.58. The third kappa shape index (κ3) is 4.52. The number of rotatable bonds is 6. The van der Waals surface area contributed by atoms with Gasteiger partial charge in [-0.1, -0.05) is 6.08 Å². The molecule has 7 nitrogen and oxygen atoms in total. The number of nitriles is 1. The fourth-order valence-corrected chi connectivity index (χ4v) is 3.81. The van der Waals surface area contributed by atoms with Gasteiger partial charge in [0.1, 0.15) is 35.5 Å². The Kier molecular flexibility index (Phi) is 6.64. The van der Waals surface area contributed by atoms with Crippen molar-refractivity contribution in [2.24, 2.45) is 0 Å². The quantitative estimate of drug-likeness (QED) is 0.364. The van der Waals surface area contributed by atoms with Crippen molar-refractivity contribution in [3.8, 4) is 17.6 Å². The standard InChI is InChI=1S/C23H17F4N5O2S/c24-15-3-8-18(19(25)9-4-15)23(33,32-21(35)30-13-31-32)22(26,27)20-10-7-17(12-29-20)34-16-5-1-14(11-28)2-6-16/h1-3,5-8,10,12-13,19,33H,4,9H2,(H,30,31,35). The van der Waals surface area contributed by atoms with E-state index in [-0.39, 0.29) is 12.2 Å². The molecule has 1 aromatic carbocycles. The highest BCUT2D eigenvalue weighted by Gasteiger charge is 2.62. The Hall–Kier alpha value is -3.69. The summed E-state index contributed by atoms with van der Waals surface area (Å²) in [6, 6.07) is 10.1. The average molecular weight is 503 g/mol. The van der Waals surface area contributed by atoms with Crippen LogP contribution in [0.4, 0.5) is 17.6 Å². The molecule has 2 unspecified atom stereocenters. The number of aliphatic hydroxyl groups is 1. The van der Waals surface area contributed by atoms with Crippen LogP contribution < -0.4 is 4.74 Å². The van der Waals surface area contributed by atoms with E-state index in [1.165, 1.54) is 30.3 Å². The third-order valence-corrected chi connectivity index (χ3v) is 5.68. The number of alkyl halides is 3. The molecule has 0 fully saturated rings. The molecule has 180 valence electrons. The lowest BCUT2D eigenvalue weighted by Crippen LogP contribution is -2.53. The van der Waals surface area contributed by atoms with Gasteiger partial charge < -0.3 is 9.84 Å². The molecule has 0 bridgehead atoms. The van der Waals surface area contributed by atoms with Crippen LogP contribution in [0, 0.1) is 11.3 Å². The van der Waals surface area contributed by atoms with Gasteiger partial charge in [-0.2, -0.15) is 23.8 Å². The number of ether oxygens (including phenoxy) is 1. The summed E-state index contributed by atoms with van der Waals surface area (Å²) in [5.41, 5.74) is -4.79. The monoisotopic (exact) mass is 503 g/mol. The van der Waals surface area contributed by atoms with E-state index in [1.54, 1.807) is 0 Å². The number of nitrogens with zero attached hydrogens (tertiary/aromatic N) is 5. The number of halogens is 4. The molecule has 2 atom stereocenters. The zero-order valence-electron chi connectivity index (χ0n) is 17.8. The number of aromatic nitrogens is 4. The van der Waals surface area contributed by atoms with Gasteiger partial charge in [0.25, 0.3) is 5.72 Å². The predicted molar refractivity (Wildman–Crippen MR) is 118 cm³/mol. The number of hydrogen-bond acceptors (Lipinski definition) is 7. The van der Waals surface area contributed by atoms with Crippen LogP contribution in [0.25, 0.3) is 0 Å². The first kappa shape index (κ1) is 24.4. The molecule has 0 spiro atoms. The Morgan fingerprint density at radius 1 is 1.11 bits per heavy atom. The first-order valence-electron chi connectivity index (χ1n) is 10.2. The first-order valence-corrected chi connectivity index (χ1v) is 10.7. The van der Waals surface area contributed by atoms with Crippen LogP contribution in [0.1, 0.15) is 24.1 Å². The molecule has 3 aromatic rings. The van der Waals surface area contributed by atoms with Crippen molar-refractivity contribution in [2.45, 2.75) is 35.8 Å². The molecule has 0 radical (unpaired) electrons. The maximum Gasteiger partial charge on any atom is 0.342 e. The Bertz CT molecular complexity index is 1320. The molecular formula is C23H17F4N5O2S. The Morgan fingerprint density at radius 3 is 2.43 bits per heavy atom. The molecule has 0 saturated carbocycles. The van der Waals surface area contributed by atoms with Crippen LogP contribution in [0.2, 0.25) is 0 Å². The SMILES string of the molecule is N#Cc1ccc(Oc2ccc(C(F)(F)C(O)(C3=CC=C(F)CCC3F)n3ncnc3S)nc2)cc1. The first-order chi connectivity index (χ1) is 16.7. The maximum atomic E-state index is 15.9. The van der Waals surface area contributed by atoms with E-state index >= 15 is 8.78 Å². The van der Waals surface area contributed by atoms with Gasteiger partial charge in [0, 0.05) is 12.0 Å². The van der Waals surface area contributed by atoms with E-state index in [1.807, 2.05) is 6.07 Å². The number of hydrogen-bond donors (Lipinski definition) is 2. The third-order valence-electron chi connectivity index (χ3n) is 5.37. The summed E-state index contributed by atoms with van der Waals surface area (Å²) in [5.74, 6) is -4.56. The highest BCUT2D eigenvalue weighted by Crippen LogP contribution is 2.49. The highest BCUT2D eigenvalue weighted by atomic mass is 32.1. The van der Waals surface area contributed by atoms with E-state index < -0.39 is 46.5 Å². The molecule has 1 aliphatic rings. The van der Waals surface area contributed by atoms with Crippen molar-refractivity contribution in [2.75, 3.05) is 0 Å². The lowest BCUT2D eigenvalue weighted by Gasteiger charge is -2.38. The van der Waals surface area contributed by atoms with Crippen molar-refractivity contribution in [1.29, 1.82) is 5.26 Å². The van der Waals surface area contributed by atoms with Crippen molar-refractivity contribution < 1.29 is 27.4 Å². The van der Waals surface area contributed by atoms with Gasteiger partial charge in [0.15, 0.2) is 5.16 Å². The summed E-state index contributed by atoms with van der Waals surface area (Å²) in [6.45, 7) is 0. The predicted octanol–water partition coefficient (Wildman–Crippen LogP) is 4.97. The largest absolute Gasteiger partial charge is 0.456 e. The van der Waals surface area contributed by atoms with Gasteiger partial charge >= 0.3 is 5.92 Å². The molecule has 0 aliphatic heterocycles. The number of thiol groups is 1. The van der Waals surface area contributed by atoms with Gasteiger partial charge in [-0.15, -0.1) is 12.6 Å². The lowest BCUT2D eigenvalue weighted by atomic mass is 9.88. The van der Waals surface area contributed by atoms with Crippen LogP contribution >= 0.6 is 12.6 Å². The summed E-state index contributed by atoms with van der Waals surface area (Å²) in [4.78, 5) is 7.38. The summed E-state index contributed by atoms with van der Waals surface area (Å²) in [5, 5.41) is 23.5. The van der Waals surface area contributed by atoms with Gasteiger partial charge in [-0.3, -0.25) is 4.98 Å². The molecule has 0 saturated heterocycles. The topological polar surface area (TPSA) is 96.8 Å². The number of benzene rings is 1. The number of allylic oxidation sites excluding steroid dienone is 3. The maximum absolute atomic E-state index is 15.9. The Balaban J connectivity index is 1.73. The molecule has 0 amide bonds. The molecule has 12 heteroatoms. The second kappa shape index (κ2) is 9.52. The molecular weight excluding hydrogens is 486 g/mol. The van der Waals surface area contributed by atoms with Gasteiger partial charge in [-0.25, -0.2) is 13.8 Å². The smallest absolute Gasteiger partial charge is 0.342 e. The molecule has 2 aromatic heterocycles. The van der Waals surface area contributed by atoms with Gasteiger partial charge in [0.2, 0.25) is 0 Å². The molecule has 4 rings (SSSR count). The van der Waals surface area contributed by atoms with Crippen molar-refractivity contribution >= 4 is 12.6 Å². The van der Waals surface area contributed by atoms with E-state index in [4.69, 9.17) is 10.00 Å². The van der Waals surface area contributed by atoms with Crippen molar-refractivity contribution in [3.63, 3.8) is 0 Å². The van der Waals surface area contributed by atoms with E-state index in [2.05, 4.69) is 27.7 Å². The van der Waals surface area contributed by atoms with Crippen LogP contribution in [0.15, 0.2) is 77.6 Å². The normalized spacial score (nSPS) is 18.0. The Labute approximate surface area is 202 Å². The number of pyridine rings is 1. The van der Waals surface area contributed by atoms with E-state index in [9.17, 15) is 13.9 Å². The molecule has 1 aliphatic carbocycles. The van der Waals surface area contributed by atoms with Crippen LogP contribution in [0.3, 0.4) is 0 Å². The lowest BCUT2D eigenvalue weighted by molar-refractivity contribution is -0.229. The van der Waals surface area contributed by atoms with E-state index in [0.717, 1.165) is 30.7 Å².